The van der Waals surface area contributed by atoms with Gasteiger partial charge in [0.05, 0.1) is 17.8 Å². The van der Waals surface area contributed by atoms with Crippen molar-refractivity contribution in [1.29, 1.82) is 0 Å². The van der Waals surface area contributed by atoms with Crippen molar-refractivity contribution >= 4 is 48.9 Å². The summed E-state index contributed by atoms with van der Waals surface area (Å²) in [7, 11) is 0. The first-order chi connectivity index (χ1) is 26.7. The van der Waals surface area contributed by atoms with Crippen molar-refractivity contribution in [2.24, 2.45) is 0 Å². The van der Waals surface area contributed by atoms with Crippen molar-refractivity contribution in [1.82, 2.24) is 9.97 Å². The summed E-state index contributed by atoms with van der Waals surface area (Å²) in [4.78, 5) is 13.8. The van der Waals surface area contributed by atoms with Gasteiger partial charge in [0.25, 0.3) is 0 Å². The molecule has 0 aliphatic heterocycles. The van der Waals surface area contributed by atoms with Gasteiger partial charge >= 0.3 is 0 Å². The molecule has 0 atom stereocenters. The fourth-order valence-corrected chi connectivity index (χ4v) is 7.85. The molecule has 250 valence electrons. The maximum Gasteiger partial charge on any atom is 0.187 e. The van der Waals surface area contributed by atoms with Gasteiger partial charge in [0, 0.05) is 16.5 Å². The quantitative estimate of drug-likeness (QED) is 0.169. The first-order valence-electron chi connectivity index (χ1n) is 18.1. The summed E-state index contributed by atoms with van der Waals surface area (Å²) in [5, 5.41) is 8.23. The number of hydrogen-bond acceptors (Lipinski definition) is 2. The molecule has 0 bridgehead atoms. The third kappa shape index (κ3) is 5.37. The molecule has 0 saturated carbocycles. The lowest BCUT2D eigenvalue weighted by atomic mass is 9.88. The number of benzene rings is 9. The highest BCUT2D eigenvalue weighted by Gasteiger charge is 2.16. The first-order valence-corrected chi connectivity index (χ1v) is 18.1. The van der Waals surface area contributed by atoms with E-state index in [9.17, 15) is 0 Å². The Hall–Kier alpha value is -7.41. The van der Waals surface area contributed by atoms with Gasteiger partial charge < -0.3 is 0 Å². The molecule has 0 spiro atoms. The molecule has 10 aromatic rings. The van der Waals surface area contributed by atoms with Crippen LogP contribution in [0.1, 0.15) is 0 Å². The molecule has 3 nitrogen and oxygen atoms in total. The summed E-state index contributed by atoms with van der Waals surface area (Å²) in [5.41, 5.74) is 11.5. The van der Waals surface area contributed by atoms with Gasteiger partial charge in [-0.3, -0.25) is 0 Å². The Balaban J connectivity index is 1.04. The summed E-state index contributed by atoms with van der Waals surface area (Å²) in [5.74, 6) is 0.710. The van der Waals surface area contributed by atoms with Crippen LogP contribution in [0.4, 0.5) is 5.69 Å². The van der Waals surface area contributed by atoms with E-state index in [4.69, 9.17) is 16.5 Å². The Morgan fingerprint density at radius 2 is 0.815 bits per heavy atom. The topological polar surface area (TPSA) is 30.1 Å². The van der Waals surface area contributed by atoms with Crippen LogP contribution in [0.3, 0.4) is 0 Å². The van der Waals surface area contributed by atoms with Crippen LogP contribution >= 0.6 is 0 Å². The van der Waals surface area contributed by atoms with Gasteiger partial charge in [-0.25, -0.2) is 14.8 Å². The Morgan fingerprint density at radius 1 is 0.352 bits per heavy atom. The van der Waals surface area contributed by atoms with Gasteiger partial charge in [-0.15, -0.1) is 0 Å². The van der Waals surface area contributed by atoms with Gasteiger partial charge in [0.15, 0.2) is 11.5 Å². The molecule has 0 unspecified atom stereocenters. The normalized spacial score (nSPS) is 11.3. The molecule has 0 aliphatic rings. The summed E-state index contributed by atoms with van der Waals surface area (Å²) in [6, 6.07) is 66.1. The van der Waals surface area contributed by atoms with Crippen LogP contribution in [0.2, 0.25) is 0 Å². The standard InChI is InChI=1S/C51H31N3/c1-52-39-26-24-35(25-27-39)41-29-31-47(45-15-7-5-13-43(41)45)46-30-28-40(42-12-4-6-14-44(42)46)34-19-21-36(22-20-34)51-53-49-17-9-8-16-48(49)50(54-51)38-23-18-33-10-2-3-11-37(33)32-38/h2-32H. The Morgan fingerprint density at radius 3 is 1.43 bits per heavy atom. The van der Waals surface area contributed by atoms with Crippen molar-refractivity contribution in [3.8, 4) is 56.0 Å². The molecule has 0 N–H and O–H groups in total. The lowest BCUT2D eigenvalue weighted by molar-refractivity contribution is 1.23. The first kappa shape index (κ1) is 31.3. The molecule has 0 saturated heterocycles. The van der Waals surface area contributed by atoms with E-state index in [2.05, 4.69) is 163 Å². The zero-order valence-electron chi connectivity index (χ0n) is 29.2. The Kier molecular flexibility index (Phi) is 7.53. The van der Waals surface area contributed by atoms with Gasteiger partial charge in [-0.2, -0.15) is 0 Å². The van der Waals surface area contributed by atoms with Gasteiger partial charge in [-0.1, -0.05) is 176 Å². The number of nitrogens with zero attached hydrogens (tertiary/aromatic N) is 3. The second-order valence-electron chi connectivity index (χ2n) is 13.6. The summed E-state index contributed by atoms with van der Waals surface area (Å²) >= 11 is 0. The summed E-state index contributed by atoms with van der Waals surface area (Å²) in [6.07, 6.45) is 0. The van der Waals surface area contributed by atoms with Crippen molar-refractivity contribution in [2.75, 3.05) is 0 Å². The van der Waals surface area contributed by atoms with E-state index in [0.29, 0.717) is 11.5 Å². The third-order valence-electron chi connectivity index (χ3n) is 10.5. The second-order valence-corrected chi connectivity index (χ2v) is 13.6. The van der Waals surface area contributed by atoms with E-state index in [1.807, 2.05) is 30.3 Å². The number of rotatable bonds is 5. The SMILES string of the molecule is [C-]#[N+]c1ccc(-c2ccc(-c3ccc(-c4ccc(-c5nc(-c6ccc7ccccc7c6)c6ccccc6n5)cc4)c4ccccc34)c3ccccc23)cc1. The van der Waals surface area contributed by atoms with E-state index < -0.39 is 0 Å². The molecule has 0 amide bonds. The molecule has 0 radical (unpaired) electrons. The van der Waals surface area contributed by atoms with Crippen LogP contribution in [-0.2, 0) is 0 Å². The maximum atomic E-state index is 7.35. The average Bonchev–Trinajstić information content (AvgIpc) is 3.25. The molecule has 0 fully saturated rings. The predicted molar refractivity (Wildman–Crippen MR) is 225 cm³/mol. The van der Waals surface area contributed by atoms with Crippen LogP contribution in [0.25, 0.3) is 104 Å². The predicted octanol–water partition coefficient (Wildman–Crippen LogP) is 14.0. The molecule has 1 heterocycles. The van der Waals surface area contributed by atoms with Crippen LogP contribution in [0.15, 0.2) is 188 Å². The lowest BCUT2D eigenvalue weighted by Gasteiger charge is -2.16. The number of hydrogen-bond donors (Lipinski definition) is 0. The zero-order chi connectivity index (χ0) is 36.0. The molecule has 10 rings (SSSR count). The molecular weight excluding hydrogens is 655 g/mol. The van der Waals surface area contributed by atoms with Gasteiger partial charge in [0.2, 0.25) is 0 Å². The summed E-state index contributed by atoms with van der Waals surface area (Å²) in [6.45, 7) is 7.35. The largest absolute Gasteiger partial charge is 0.238 e. The van der Waals surface area contributed by atoms with E-state index in [0.717, 1.165) is 44.4 Å². The lowest BCUT2D eigenvalue weighted by Crippen LogP contribution is -1.95. The highest BCUT2D eigenvalue weighted by Crippen LogP contribution is 2.41. The fraction of sp³-hybridized carbons (Fsp3) is 0. The molecular formula is C51H31N3. The van der Waals surface area contributed by atoms with E-state index >= 15 is 0 Å². The molecule has 3 heteroatoms. The monoisotopic (exact) mass is 685 g/mol. The minimum atomic E-state index is 0.647. The minimum Gasteiger partial charge on any atom is -0.238 e. The van der Waals surface area contributed by atoms with E-state index in [-0.39, 0.29) is 0 Å². The minimum absolute atomic E-state index is 0.647. The van der Waals surface area contributed by atoms with Gasteiger partial charge in [0.1, 0.15) is 0 Å². The van der Waals surface area contributed by atoms with Crippen LogP contribution in [0.5, 0.6) is 0 Å². The van der Waals surface area contributed by atoms with E-state index in [1.54, 1.807) is 0 Å². The zero-order valence-corrected chi connectivity index (χ0v) is 29.2. The highest BCUT2D eigenvalue weighted by molar-refractivity contribution is 6.12. The molecule has 0 aliphatic carbocycles. The third-order valence-corrected chi connectivity index (χ3v) is 10.5. The van der Waals surface area contributed by atoms with Crippen LogP contribution in [0, 0.1) is 6.57 Å². The molecule has 9 aromatic carbocycles. The second kappa shape index (κ2) is 13.0. The number of para-hydroxylation sites is 1. The van der Waals surface area contributed by atoms with Crippen molar-refractivity contribution in [3.63, 3.8) is 0 Å². The molecule has 1 aromatic heterocycles. The Labute approximate surface area is 313 Å². The Bertz CT molecular complexity index is 3100. The highest BCUT2D eigenvalue weighted by atomic mass is 14.9. The van der Waals surface area contributed by atoms with Crippen molar-refractivity contribution < 1.29 is 0 Å². The number of aromatic nitrogens is 2. The van der Waals surface area contributed by atoms with Gasteiger partial charge in [-0.05, 0) is 77.8 Å². The van der Waals surface area contributed by atoms with E-state index in [1.165, 1.54) is 49.0 Å². The van der Waals surface area contributed by atoms with Crippen molar-refractivity contribution in [3.05, 3.63) is 199 Å². The van der Waals surface area contributed by atoms with Crippen molar-refractivity contribution in [2.45, 2.75) is 0 Å². The van der Waals surface area contributed by atoms with Crippen LogP contribution < -0.4 is 0 Å². The maximum absolute atomic E-state index is 7.35. The van der Waals surface area contributed by atoms with Crippen LogP contribution in [-0.4, -0.2) is 9.97 Å². The smallest absolute Gasteiger partial charge is 0.187 e. The fourth-order valence-electron chi connectivity index (χ4n) is 7.85. The summed E-state index contributed by atoms with van der Waals surface area (Å²) < 4.78 is 0. The molecule has 54 heavy (non-hydrogen) atoms. The number of fused-ring (bicyclic) bond motifs is 4. The average molecular weight is 686 g/mol.